The van der Waals surface area contributed by atoms with E-state index in [1.165, 1.54) is 0 Å². The van der Waals surface area contributed by atoms with Gasteiger partial charge >= 0.3 is 6.09 Å². The van der Waals surface area contributed by atoms with E-state index in [9.17, 15) is 9.59 Å². The number of methoxy groups -OCH3 is 1. The number of nitrogens with zero attached hydrogens (tertiary/aromatic N) is 4. The predicted octanol–water partition coefficient (Wildman–Crippen LogP) is 2.06. The molecule has 4 heterocycles. The first-order valence-corrected chi connectivity index (χ1v) is 10.6. The second kappa shape index (κ2) is 8.59. The number of rotatable bonds is 7. The number of aryl methyl sites for hydroxylation is 1. The average Bonchev–Trinajstić information content (AvgIpc) is 3.28. The van der Waals surface area contributed by atoms with E-state index in [2.05, 4.69) is 21.8 Å². The SMILES string of the molecule is COC[C@@H](C)n1c(CCCC(=O)N2CCC3(CC2)CNC(=O)O3)nc2cccnc21. The Hall–Kier alpha value is -2.68. The number of imidazole rings is 1. The van der Waals surface area contributed by atoms with Crippen molar-refractivity contribution in [3.05, 3.63) is 24.2 Å². The lowest BCUT2D eigenvalue weighted by Gasteiger charge is -2.37. The maximum Gasteiger partial charge on any atom is 0.407 e. The number of pyridine rings is 1. The topological polar surface area (TPSA) is 98.6 Å². The zero-order valence-corrected chi connectivity index (χ0v) is 17.6. The minimum Gasteiger partial charge on any atom is -0.441 e. The van der Waals surface area contributed by atoms with Crippen LogP contribution in [0.2, 0.25) is 0 Å². The molecule has 0 saturated carbocycles. The lowest BCUT2D eigenvalue weighted by Crippen LogP contribution is -2.48. The predicted molar refractivity (Wildman–Crippen MR) is 110 cm³/mol. The molecular formula is C21H29N5O4. The number of hydrogen-bond donors (Lipinski definition) is 1. The first-order valence-electron chi connectivity index (χ1n) is 10.6. The van der Waals surface area contributed by atoms with E-state index in [0.29, 0.717) is 51.9 Å². The molecule has 4 rings (SSSR count). The molecule has 0 bridgehead atoms. The fourth-order valence-corrected chi connectivity index (χ4v) is 4.43. The third-order valence-corrected chi connectivity index (χ3v) is 6.05. The number of carbonyl (C=O) groups excluding carboxylic acids is 2. The number of nitrogens with one attached hydrogen (secondary N) is 1. The van der Waals surface area contributed by atoms with Crippen molar-refractivity contribution in [3.8, 4) is 0 Å². The summed E-state index contributed by atoms with van der Waals surface area (Å²) in [5, 5.41) is 2.72. The molecular weight excluding hydrogens is 386 g/mol. The minimum absolute atomic E-state index is 0.113. The van der Waals surface area contributed by atoms with Gasteiger partial charge in [-0.25, -0.2) is 14.8 Å². The molecule has 2 aromatic rings. The van der Waals surface area contributed by atoms with Crippen molar-refractivity contribution in [1.29, 1.82) is 0 Å². The average molecular weight is 415 g/mol. The highest BCUT2D eigenvalue weighted by molar-refractivity contribution is 5.76. The van der Waals surface area contributed by atoms with Gasteiger partial charge in [0.1, 0.15) is 16.9 Å². The number of likely N-dealkylation sites (tertiary alicyclic amines) is 1. The van der Waals surface area contributed by atoms with Crippen LogP contribution in [-0.2, 0) is 20.7 Å². The van der Waals surface area contributed by atoms with Gasteiger partial charge in [0.15, 0.2) is 5.65 Å². The molecule has 30 heavy (non-hydrogen) atoms. The Morgan fingerprint density at radius 3 is 2.90 bits per heavy atom. The highest BCUT2D eigenvalue weighted by Gasteiger charge is 2.43. The lowest BCUT2D eigenvalue weighted by molar-refractivity contribution is -0.134. The Labute approximate surface area is 175 Å². The summed E-state index contributed by atoms with van der Waals surface area (Å²) < 4.78 is 12.9. The Kier molecular flexibility index (Phi) is 5.90. The van der Waals surface area contributed by atoms with E-state index in [1.807, 2.05) is 17.0 Å². The van der Waals surface area contributed by atoms with Gasteiger partial charge in [-0.3, -0.25) is 4.79 Å². The van der Waals surface area contributed by atoms with Crippen LogP contribution in [0.5, 0.6) is 0 Å². The highest BCUT2D eigenvalue weighted by Crippen LogP contribution is 2.29. The lowest BCUT2D eigenvalue weighted by atomic mass is 9.91. The summed E-state index contributed by atoms with van der Waals surface area (Å²) in [4.78, 5) is 35.2. The number of carbonyl (C=O) groups is 2. The van der Waals surface area contributed by atoms with E-state index in [4.69, 9.17) is 14.5 Å². The van der Waals surface area contributed by atoms with Crippen LogP contribution in [0.3, 0.4) is 0 Å². The van der Waals surface area contributed by atoms with Gasteiger partial charge in [0.25, 0.3) is 0 Å². The number of amides is 2. The molecule has 0 aliphatic carbocycles. The van der Waals surface area contributed by atoms with Crippen LogP contribution in [0.4, 0.5) is 4.79 Å². The number of alkyl carbamates (subject to hydrolysis) is 1. The number of fused-ring (bicyclic) bond motifs is 1. The van der Waals surface area contributed by atoms with Gasteiger partial charge in [-0.15, -0.1) is 0 Å². The standard InChI is InChI=1S/C21H29N5O4/c1-15(13-29-2)26-17(24-16-5-4-10-22-19(16)26)6-3-7-18(27)25-11-8-21(9-12-25)14-23-20(28)30-21/h4-5,10,15H,3,6-9,11-14H2,1-2H3,(H,23,28)/t15-/m1/s1. The smallest absolute Gasteiger partial charge is 0.407 e. The van der Waals surface area contributed by atoms with Gasteiger partial charge in [0.2, 0.25) is 5.91 Å². The van der Waals surface area contributed by atoms with E-state index < -0.39 is 5.60 Å². The Balaban J connectivity index is 1.34. The van der Waals surface area contributed by atoms with Gasteiger partial charge < -0.3 is 24.3 Å². The summed E-state index contributed by atoms with van der Waals surface area (Å²) in [7, 11) is 1.69. The summed E-state index contributed by atoms with van der Waals surface area (Å²) in [6, 6.07) is 3.96. The third-order valence-electron chi connectivity index (χ3n) is 6.05. The molecule has 0 aromatic carbocycles. The molecule has 0 unspecified atom stereocenters. The largest absolute Gasteiger partial charge is 0.441 e. The third kappa shape index (κ3) is 4.12. The van der Waals surface area contributed by atoms with Crippen molar-refractivity contribution in [3.63, 3.8) is 0 Å². The van der Waals surface area contributed by atoms with Crippen LogP contribution in [-0.4, -0.2) is 70.4 Å². The summed E-state index contributed by atoms with van der Waals surface area (Å²) in [6.45, 7) is 4.45. The van der Waals surface area contributed by atoms with E-state index >= 15 is 0 Å². The van der Waals surface area contributed by atoms with E-state index in [1.54, 1.807) is 13.3 Å². The molecule has 9 nitrogen and oxygen atoms in total. The fraction of sp³-hybridized carbons (Fsp3) is 0.619. The van der Waals surface area contributed by atoms with Crippen LogP contribution in [0, 0.1) is 0 Å². The van der Waals surface area contributed by atoms with Gasteiger partial charge in [0.05, 0.1) is 19.2 Å². The molecule has 2 aromatic heterocycles. The number of ether oxygens (including phenoxy) is 2. The van der Waals surface area contributed by atoms with Gasteiger partial charge in [0, 0.05) is 52.1 Å². The molecule has 0 radical (unpaired) electrons. The zero-order valence-electron chi connectivity index (χ0n) is 17.6. The normalized spacial score (nSPS) is 19.1. The van der Waals surface area contributed by atoms with Gasteiger partial charge in [-0.05, 0) is 25.5 Å². The van der Waals surface area contributed by atoms with Crippen LogP contribution in [0.15, 0.2) is 18.3 Å². The maximum absolute atomic E-state index is 12.7. The second-order valence-electron chi connectivity index (χ2n) is 8.21. The number of piperidine rings is 1. The van der Waals surface area contributed by atoms with Crippen LogP contribution >= 0.6 is 0 Å². The van der Waals surface area contributed by atoms with Crippen LogP contribution < -0.4 is 5.32 Å². The minimum atomic E-state index is -0.427. The summed E-state index contributed by atoms with van der Waals surface area (Å²) >= 11 is 0. The van der Waals surface area contributed by atoms with Gasteiger partial charge in [-0.1, -0.05) is 0 Å². The van der Waals surface area contributed by atoms with E-state index in [-0.39, 0.29) is 18.0 Å². The van der Waals surface area contributed by atoms with Crippen molar-refractivity contribution in [2.75, 3.05) is 33.4 Å². The molecule has 1 spiro atoms. The second-order valence-corrected chi connectivity index (χ2v) is 8.21. The van der Waals surface area contributed by atoms with Crippen molar-refractivity contribution >= 4 is 23.2 Å². The molecule has 2 saturated heterocycles. The first kappa shape index (κ1) is 20.6. The van der Waals surface area contributed by atoms with Gasteiger partial charge in [-0.2, -0.15) is 0 Å². The zero-order chi connectivity index (χ0) is 21.1. The van der Waals surface area contributed by atoms with Crippen LogP contribution in [0.1, 0.15) is 44.5 Å². The molecule has 162 valence electrons. The number of hydrogen-bond acceptors (Lipinski definition) is 6. The summed E-state index contributed by atoms with van der Waals surface area (Å²) in [5.41, 5.74) is 1.29. The Morgan fingerprint density at radius 2 is 2.20 bits per heavy atom. The molecule has 2 aliphatic heterocycles. The van der Waals surface area contributed by atoms with Crippen molar-refractivity contribution in [2.24, 2.45) is 0 Å². The fourth-order valence-electron chi connectivity index (χ4n) is 4.43. The van der Waals surface area contributed by atoms with Crippen molar-refractivity contribution in [1.82, 2.24) is 24.8 Å². The molecule has 2 amide bonds. The maximum atomic E-state index is 12.7. The Bertz CT molecular complexity index is 919. The van der Waals surface area contributed by atoms with Crippen molar-refractivity contribution < 1.29 is 19.1 Å². The monoisotopic (exact) mass is 415 g/mol. The summed E-state index contributed by atoms with van der Waals surface area (Å²) in [6.07, 6.45) is 4.69. The molecule has 9 heteroatoms. The molecule has 2 fully saturated rings. The molecule has 2 aliphatic rings. The molecule has 1 atom stereocenters. The van der Waals surface area contributed by atoms with E-state index in [0.717, 1.165) is 23.4 Å². The first-order chi connectivity index (χ1) is 14.5. The quantitative estimate of drug-likeness (QED) is 0.743. The highest BCUT2D eigenvalue weighted by atomic mass is 16.6. The Morgan fingerprint density at radius 1 is 1.40 bits per heavy atom. The molecule has 1 N–H and O–H groups in total. The summed E-state index contributed by atoms with van der Waals surface area (Å²) in [5.74, 6) is 1.08. The number of aromatic nitrogens is 3. The van der Waals surface area contributed by atoms with Crippen LogP contribution in [0.25, 0.3) is 11.2 Å². The van der Waals surface area contributed by atoms with Crippen molar-refractivity contribution in [2.45, 2.75) is 50.7 Å².